The van der Waals surface area contributed by atoms with E-state index in [-0.39, 0.29) is 11.6 Å². The van der Waals surface area contributed by atoms with Crippen LogP contribution in [0.3, 0.4) is 0 Å². The number of nitrogens with zero attached hydrogens (tertiary/aromatic N) is 4. The normalized spacial score (nSPS) is 11.7. The van der Waals surface area contributed by atoms with E-state index in [1.165, 1.54) is 6.92 Å². The summed E-state index contributed by atoms with van der Waals surface area (Å²) >= 11 is 0. The molecule has 0 spiro atoms. The maximum Gasteiger partial charge on any atom is 0.339 e. The van der Waals surface area contributed by atoms with E-state index in [2.05, 4.69) is 10.4 Å². The quantitative estimate of drug-likeness (QED) is 0.423. The van der Waals surface area contributed by atoms with Gasteiger partial charge in [-0.3, -0.25) is 4.79 Å². The molecule has 1 unspecified atom stereocenters. The van der Waals surface area contributed by atoms with Crippen molar-refractivity contribution in [2.75, 3.05) is 5.32 Å². The van der Waals surface area contributed by atoms with Crippen LogP contribution in [0.15, 0.2) is 66.9 Å². The number of carbonyl (C=O) groups is 2. The van der Waals surface area contributed by atoms with Crippen LogP contribution in [0.5, 0.6) is 0 Å². The second-order valence-electron chi connectivity index (χ2n) is 8.07. The minimum atomic E-state index is -1.05. The highest BCUT2D eigenvalue weighted by Crippen LogP contribution is 2.27. The zero-order valence-corrected chi connectivity index (χ0v) is 19.0. The van der Waals surface area contributed by atoms with Crippen molar-refractivity contribution in [3.05, 3.63) is 78.0 Å². The number of pyridine rings is 1. The van der Waals surface area contributed by atoms with Gasteiger partial charge in [-0.2, -0.15) is 10.4 Å². The minimum Gasteiger partial charge on any atom is -0.449 e. The zero-order chi connectivity index (χ0) is 24.2. The Morgan fingerprint density at radius 2 is 1.76 bits per heavy atom. The molecule has 0 saturated heterocycles. The fourth-order valence-corrected chi connectivity index (χ4v) is 3.47. The molecule has 1 atom stereocenters. The maximum absolute atomic E-state index is 13.2. The third-order valence-electron chi connectivity index (χ3n) is 5.28. The van der Waals surface area contributed by atoms with Crippen molar-refractivity contribution in [2.45, 2.75) is 32.9 Å². The smallest absolute Gasteiger partial charge is 0.339 e. The lowest BCUT2D eigenvalue weighted by Crippen LogP contribution is -2.30. The number of fused-ring (bicyclic) bond motifs is 1. The molecule has 1 amide bonds. The Bertz CT molecular complexity index is 1390. The summed E-state index contributed by atoms with van der Waals surface area (Å²) in [5.41, 5.74) is 3.29. The highest BCUT2D eigenvalue weighted by Gasteiger charge is 2.24. The summed E-state index contributed by atoms with van der Waals surface area (Å²) in [5.74, 6) is -1.13. The van der Waals surface area contributed by atoms with Gasteiger partial charge in [-0.25, -0.2) is 14.5 Å². The van der Waals surface area contributed by atoms with Crippen LogP contribution in [0, 0.1) is 11.3 Å². The number of carbonyl (C=O) groups excluding carboxylic acids is 2. The number of hydrogen-bond donors (Lipinski definition) is 1. The Labute approximate surface area is 196 Å². The fourth-order valence-electron chi connectivity index (χ4n) is 3.47. The van der Waals surface area contributed by atoms with Crippen LogP contribution in [0.4, 0.5) is 5.69 Å². The first-order valence-corrected chi connectivity index (χ1v) is 10.8. The number of amides is 1. The molecule has 2 aromatic heterocycles. The van der Waals surface area contributed by atoms with E-state index >= 15 is 0 Å². The summed E-state index contributed by atoms with van der Waals surface area (Å²) in [6.45, 7) is 5.47. The van der Waals surface area contributed by atoms with Crippen molar-refractivity contribution in [3.63, 3.8) is 0 Å². The minimum absolute atomic E-state index is 0.0389. The van der Waals surface area contributed by atoms with Gasteiger partial charge in [-0.15, -0.1) is 0 Å². The first-order valence-electron chi connectivity index (χ1n) is 10.8. The molecule has 8 nitrogen and oxygen atoms in total. The van der Waals surface area contributed by atoms with Gasteiger partial charge in [-0.1, -0.05) is 30.3 Å². The van der Waals surface area contributed by atoms with Crippen molar-refractivity contribution in [3.8, 4) is 17.3 Å². The Kier molecular flexibility index (Phi) is 6.37. The number of aromatic nitrogens is 3. The van der Waals surface area contributed by atoms with Crippen LogP contribution in [-0.4, -0.2) is 32.7 Å². The second-order valence-corrected chi connectivity index (χ2v) is 8.07. The molecular formula is C26H23N5O3. The molecule has 0 bridgehead atoms. The molecule has 34 heavy (non-hydrogen) atoms. The first kappa shape index (κ1) is 22.7. The van der Waals surface area contributed by atoms with Gasteiger partial charge >= 0.3 is 5.97 Å². The molecule has 0 saturated carbocycles. The number of anilines is 1. The molecule has 8 heteroatoms. The largest absolute Gasteiger partial charge is 0.449 e. The summed E-state index contributed by atoms with van der Waals surface area (Å²) in [5, 5.41) is 16.5. The maximum atomic E-state index is 13.2. The van der Waals surface area contributed by atoms with Crippen molar-refractivity contribution in [1.29, 1.82) is 5.26 Å². The summed E-state index contributed by atoms with van der Waals surface area (Å²) in [4.78, 5) is 30.5. The van der Waals surface area contributed by atoms with Crippen LogP contribution in [0.25, 0.3) is 22.3 Å². The second kappa shape index (κ2) is 9.55. The number of benzene rings is 2. The van der Waals surface area contributed by atoms with E-state index in [1.54, 1.807) is 41.2 Å². The van der Waals surface area contributed by atoms with E-state index in [0.717, 1.165) is 5.56 Å². The van der Waals surface area contributed by atoms with Gasteiger partial charge in [0, 0.05) is 17.3 Å². The van der Waals surface area contributed by atoms with Gasteiger partial charge in [0.15, 0.2) is 11.8 Å². The molecular weight excluding hydrogens is 430 g/mol. The molecule has 0 fully saturated rings. The Balaban J connectivity index is 1.62. The topological polar surface area (TPSA) is 110 Å². The van der Waals surface area contributed by atoms with Crippen molar-refractivity contribution in [1.82, 2.24) is 14.8 Å². The van der Waals surface area contributed by atoms with Gasteiger partial charge < -0.3 is 10.1 Å². The Hall–Kier alpha value is -4.51. The first-order chi connectivity index (χ1) is 16.4. The Morgan fingerprint density at radius 3 is 2.41 bits per heavy atom. The molecule has 0 aliphatic heterocycles. The number of esters is 1. The van der Waals surface area contributed by atoms with Crippen LogP contribution < -0.4 is 5.32 Å². The Morgan fingerprint density at radius 1 is 1.06 bits per heavy atom. The predicted octanol–water partition coefficient (Wildman–Crippen LogP) is 4.73. The molecule has 170 valence electrons. The third kappa shape index (κ3) is 4.64. The van der Waals surface area contributed by atoms with E-state index in [9.17, 15) is 9.59 Å². The van der Waals surface area contributed by atoms with Gasteiger partial charge in [-0.05, 0) is 51.1 Å². The molecule has 0 radical (unpaired) electrons. The van der Waals surface area contributed by atoms with E-state index in [4.69, 9.17) is 15.0 Å². The lowest BCUT2D eigenvalue weighted by Gasteiger charge is -2.15. The average Bonchev–Trinajstić information content (AvgIpc) is 3.28. The lowest BCUT2D eigenvalue weighted by atomic mass is 10.1. The van der Waals surface area contributed by atoms with Crippen molar-refractivity contribution < 1.29 is 14.3 Å². The summed E-state index contributed by atoms with van der Waals surface area (Å²) in [6, 6.07) is 19.7. The van der Waals surface area contributed by atoms with Crippen molar-refractivity contribution in [2.24, 2.45) is 0 Å². The van der Waals surface area contributed by atoms with Crippen LogP contribution >= 0.6 is 0 Å². The van der Waals surface area contributed by atoms with Crippen molar-refractivity contribution >= 4 is 28.6 Å². The number of hydrogen-bond acceptors (Lipinski definition) is 6. The molecule has 4 rings (SSSR count). The average molecular weight is 454 g/mol. The summed E-state index contributed by atoms with van der Waals surface area (Å²) in [6.07, 6.45) is 0.543. The number of nitriles is 1. The SMILES string of the molecule is CC(OC(=O)c1cc(-c2ccccc2)nc2c1cnn2C(C)C)C(=O)Nc1ccc(C#N)cc1. The molecule has 4 aromatic rings. The predicted molar refractivity (Wildman–Crippen MR) is 128 cm³/mol. The fraction of sp³-hybridized carbons (Fsp3) is 0.192. The van der Waals surface area contributed by atoms with E-state index in [1.807, 2.05) is 50.2 Å². The van der Waals surface area contributed by atoms with Gasteiger partial charge in [0.2, 0.25) is 0 Å². The van der Waals surface area contributed by atoms with Gasteiger partial charge in [0.25, 0.3) is 5.91 Å². The van der Waals surface area contributed by atoms with Crippen LogP contribution in [0.2, 0.25) is 0 Å². The molecule has 0 aliphatic rings. The monoisotopic (exact) mass is 453 g/mol. The molecule has 1 N–H and O–H groups in total. The number of ether oxygens (including phenoxy) is 1. The highest BCUT2D eigenvalue weighted by atomic mass is 16.5. The number of nitrogens with one attached hydrogen (secondary N) is 1. The van der Waals surface area contributed by atoms with Gasteiger partial charge in [0.1, 0.15) is 0 Å². The summed E-state index contributed by atoms with van der Waals surface area (Å²) < 4.78 is 7.27. The zero-order valence-electron chi connectivity index (χ0n) is 19.0. The highest BCUT2D eigenvalue weighted by molar-refractivity contribution is 6.05. The standard InChI is InChI=1S/C26H23N5O3/c1-16(2)31-24-22(15-28-31)21(13-23(30-24)19-7-5-4-6-8-19)26(33)34-17(3)25(32)29-20-11-9-18(14-27)10-12-20/h4-13,15-17H,1-3H3,(H,29,32). The van der Waals surface area contributed by atoms with Crippen LogP contribution in [-0.2, 0) is 9.53 Å². The molecule has 2 heterocycles. The summed E-state index contributed by atoms with van der Waals surface area (Å²) in [7, 11) is 0. The lowest BCUT2D eigenvalue weighted by molar-refractivity contribution is -0.123. The van der Waals surface area contributed by atoms with Gasteiger partial charge in [0.05, 0.1) is 34.5 Å². The van der Waals surface area contributed by atoms with E-state index in [0.29, 0.717) is 28.0 Å². The molecule has 2 aromatic carbocycles. The third-order valence-corrected chi connectivity index (χ3v) is 5.28. The number of rotatable bonds is 6. The van der Waals surface area contributed by atoms with E-state index < -0.39 is 18.0 Å². The molecule has 0 aliphatic carbocycles. The van der Waals surface area contributed by atoms with Crippen LogP contribution in [0.1, 0.15) is 42.7 Å².